The van der Waals surface area contributed by atoms with E-state index < -0.39 is 0 Å². The van der Waals surface area contributed by atoms with Gasteiger partial charge in [-0.3, -0.25) is 4.99 Å². The number of nitrogens with two attached hydrogens (primary N) is 1. The Labute approximate surface area is 65.8 Å². The Morgan fingerprint density at radius 3 is 2.73 bits per heavy atom. The van der Waals surface area contributed by atoms with E-state index in [0.717, 1.165) is 25.9 Å². The number of rotatable bonds is 2. The maximum Gasteiger partial charge on any atom is 0.134 e. The third-order valence-electron chi connectivity index (χ3n) is 1.70. The second kappa shape index (κ2) is 4.79. The minimum absolute atomic E-state index is 0.404. The van der Waals surface area contributed by atoms with Crippen molar-refractivity contribution in [1.82, 2.24) is 5.32 Å². The summed E-state index contributed by atoms with van der Waals surface area (Å²) in [7, 11) is 0. The zero-order valence-electron chi connectivity index (χ0n) is 6.40. The SMILES string of the molecule is NN=NC=NC1CCNCC1. The quantitative estimate of drug-likeness (QED) is 0.195. The van der Waals surface area contributed by atoms with Gasteiger partial charge in [0.15, 0.2) is 0 Å². The molecule has 1 fully saturated rings. The Bertz CT molecular complexity index is 147. The average molecular weight is 155 g/mol. The molecule has 0 amide bonds. The molecule has 0 aromatic heterocycles. The largest absolute Gasteiger partial charge is 0.317 e. The van der Waals surface area contributed by atoms with Crippen LogP contribution in [0.15, 0.2) is 15.3 Å². The molecule has 11 heavy (non-hydrogen) atoms. The van der Waals surface area contributed by atoms with Crippen LogP contribution < -0.4 is 11.2 Å². The number of hydrogen-bond donors (Lipinski definition) is 2. The van der Waals surface area contributed by atoms with Gasteiger partial charge in [-0.25, -0.2) is 0 Å². The molecule has 0 aromatic rings. The van der Waals surface area contributed by atoms with Gasteiger partial charge in [-0.2, -0.15) is 0 Å². The predicted molar refractivity (Wildman–Crippen MR) is 43.4 cm³/mol. The third-order valence-corrected chi connectivity index (χ3v) is 1.70. The van der Waals surface area contributed by atoms with E-state index in [1.807, 2.05) is 0 Å². The van der Waals surface area contributed by atoms with Gasteiger partial charge in [0.25, 0.3) is 0 Å². The summed E-state index contributed by atoms with van der Waals surface area (Å²) in [5.41, 5.74) is 0. The Balaban J connectivity index is 2.23. The molecule has 0 aromatic carbocycles. The molecule has 0 aliphatic carbocycles. The van der Waals surface area contributed by atoms with Gasteiger partial charge in [-0.15, -0.1) is 5.11 Å². The van der Waals surface area contributed by atoms with Crippen LogP contribution in [0.5, 0.6) is 0 Å². The second-order valence-corrected chi connectivity index (χ2v) is 2.48. The Morgan fingerprint density at radius 1 is 1.36 bits per heavy atom. The minimum Gasteiger partial charge on any atom is -0.317 e. The maximum atomic E-state index is 4.80. The molecule has 0 radical (unpaired) electrons. The lowest BCUT2D eigenvalue weighted by molar-refractivity contribution is 0.460. The lowest BCUT2D eigenvalue weighted by Crippen LogP contribution is -2.29. The van der Waals surface area contributed by atoms with Crippen LogP contribution in [-0.4, -0.2) is 25.5 Å². The highest BCUT2D eigenvalue weighted by Crippen LogP contribution is 2.05. The van der Waals surface area contributed by atoms with Crippen molar-refractivity contribution in [2.75, 3.05) is 13.1 Å². The smallest absolute Gasteiger partial charge is 0.134 e. The van der Waals surface area contributed by atoms with Crippen molar-refractivity contribution in [3.63, 3.8) is 0 Å². The van der Waals surface area contributed by atoms with Crippen molar-refractivity contribution in [1.29, 1.82) is 0 Å². The highest BCUT2D eigenvalue weighted by molar-refractivity contribution is 5.54. The van der Waals surface area contributed by atoms with Crippen molar-refractivity contribution in [3.8, 4) is 0 Å². The van der Waals surface area contributed by atoms with E-state index in [9.17, 15) is 0 Å². The molecule has 1 aliphatic heterocycles. The number of nitrogens with one attached hydrogen (secondary N) is 1. The van der Waals surface area contributed by atoms with Crippen LogP contribution in [0, 0.1) is 0 Å². The highest BCUT2D eigenvalue weighted by atomic mass is 15.3. The number of nitrogens with zero attached hydrogens (tertiary/aromatic N) is 3. The molecule has 1 saturated heterocycles. The van der Waals surface area contributed by atoms with E-state index in [2.05, 4.69) is 20.6 Å². The molecule has 1 rings (SSSR count). The molecule has 62 valence electrons. The summed E-state index contributed by atoms with van der Waals surface area (Å²) in [6.45, 7) is 2.09. The van der Waals surface area contributed by atoms with Crippen molar-refractivity contribution in [3.05, 3.63) is 0 Å². The zero-order valence-corrected chi connectivity index (χ0v) is 6.40. The van der Waals surface area contributed by atoms with Gasteiger partial charge in [0.05, 0.1) is 6.04 Å². The van der Waals surface area contributed by atoms with Crippen molar-refractivity contribution in [2.24, 2.45) is 21.2 Å². The fourth-order valence-corrected chi connectivity index (χ4v) is 1.11. The monoisotopic (exact) mass is 155 g/mol. The van der Waals surface area contributed by atoms with Crippen molar-refractivity contribution < 1.29 is 0 Å². The molecular weight excluding hydrogens is 142 g/mol. The summed E-state index contributed by atoms with van der Waals surface area (Å²) in [6, 6.07) is 0.404. The van der Waals surface area contributed by atoms with Crippen LogP contribution in [0.25, 0.3) is 0 Å². The fraction of sp³-hybridized carbons (Fsp3) is 0.833. The lowest BCUT2D eigenvalue weighted by atomic mass is 10.1. The summed E-state index contributed by atoms with van der Waals surface area (Å²) in [5.74, 6) is 4.80. The topological polar surface area (TPSA) is 75.1 Å². The van der Waals surface area contributed by atoms with E-state index in [1.54, 1.807) is 0 Å². The molecule has 1 heterocycles. The van der Waals surface area contributed by atoms with Gasteiger partial charge in [-0.05, 0) is 25.9 Å². The van der Waals surface area contributed by atoms with E-state index in [4.69, 9.17) is 5.84 Å². The van der Waals surface area contributed by atoms with Crippen LogP contribution in [0.3, 0.4) is 0 Å². The standard InChI is InChI=1S/C6H13N5/c7-11-10-5-9-6-1-3-8-4-2-6/h5-6,8H,1-4H2,(H2,7,9,10). The molecule has 0 bridgehead atoms. The Hall–Kier alpha value is -0.970. The summed E-state index contributed by atoms with van der Waals surface area (Å²) >= 11 is 0. The predicted octanol–water partition coefficient (Wildman–Crippen LogP) is 0.0926. The van der Waals surface area contributed by atoms with E-state index in [0.29, 0.717) is 6.04 Å². The maximum absolute atomic E-state index is 4.80. The van der Waals surface area contributed by atoms with E-state index in [1.165, 1.54) is 6.34 Å². The van der Waals surface area contributed by atoms with Crippen molar-refractivity contribution in [2.45, 2.75) is 18.9 Å². The molecular formula is C6H13N5. The van der Waals surface area contributed by atoms with E-state index >= 15 is 0 Å². The normalized spacial score (nSPS) is 21.8. The second-order valence-electron chi connectivity index (χ2n) is 2.48. The lowest BCUT2D eigenvalue weighted by Gasteiger charge is -2.17. The summed E-state index contributed by atoms with van der Waals surface area (Å²) in [4.78, 5) is 4.17. The third kappa shape index (κ3) is 3.08. The van der Waals surface area contributed by atoms with Gasteiger partial charge < -0.3 is 11.2 Å². The van der Waals surface area contributed by atoms with Crippen molar-refractivity contribution >= 4 is 6.34 Å². The summed E-state index contributed by atoms with van der Waals surface area (Å²) in [5, 5.41) is 9.79. The number of aliphatic imine (C=N–C) groups is 1. The van der Waals surface area contributed by atoms with Crippen LogP contribution in [-0.2, 0) is 0 Å². The van der Waals surface area contributed by atoms with Gasteiger partial charge in [0.2, 0.25) is 0 Å². The molecule has 0 unspecified atom stereocenters. The molecule has 0 atom stereocenters. The Morgan fingerprint density at radius 2 is 2.09 bits per heavy atom. The fourth-order valence-electron chi connectivity index (χ4n) is 1.11. The summed E-state index contributed by atoms with van der Waals surface area (Å²) in [6.07, 6.45) is 3.59. The van der Waals surface area contributed by atoms with Crippen LogP contribution in [0.4, 0.5) is 0 Å². The van der Waals surface area contributed by atoms with Crippen LogP contribution in [0.2, 0.25) is 0 Å². The van der Waals surface area contributed by atoms with Gasteiger partial charge in [0, 0.05) is 0 Å². The first-order valence-corrected chi connectivity index (χ1v) is 3.76. The molecule has 3 N–H and O–H groups in total. The van der Waals surface area contributed by atoms with Crippen LogP contribution in [0.1, 0.15) is 12.8 Å². The molecule has 1 aliphatic rings. The highest BCUT2D eigenvalue weighted by Gasteiger charge is 2.09. The summed E-state index contributed by atoms with van der Waals surface area (Å²) < 4.78 is 0. The molecule has 0 spiro atoms. The van der Waals surface area contributed by atoms with E-state index in [-0.39, 0.29) is 0 Å². The first-order valence-electron chi connectivity index (χ1n) is 3.76. The average Bonchev–Trinajstić information content (AvgIpc) is 2.07. The minimum atomic E-state index is 0.404. The van der Waals surface area contributed by atoms with Gasteiger partial charge in [-0.1, -0.05) is 5.22 Å². The number of piperidine rings is 1. The molecule has 5 heteroatoms. The van der Waals surface area contributed by atoms with Gasteiger partial charge in [0.1, 0.15) is 6.34 Å². The Kier molecular flexibility index (Phi) is 3.54. The zero-order chi connectivity index (χ0) is 7.94. The van der Waals surface area contributed by atoms with Gasteiger partial charge >= 0.3 is 0 Å². The first-order chi connectivity index (χ1) is 5.43. The van der Waals surface area contributed by atoms with Crippen LogP contribution >= 0.6 is 0 Å². The molecule has 0 saturated carbocycles. The first kappa shape index (κ1) is 8.13. The number of hydrogen-bond acceptors (Lipinski definition) is 3. The molecule has 5 nitrogen and oxygen atoms in total.